The van der Waals surface area contributed by atoms with Crippen molar-refractivity contribution in [1.29, 1.82) is 0 Å². The van der Waals surface area contributed by atoms with Crippen LogP contribution in [-0.2, 0) is 6.54 Å². The monoisotopic (exact) mass is 371 g/mol. The third-order valence-corrected chi connectivity index (χ3v) is 5.35. The third-order valence-electron chi connectivity index (χ3n) is 4.71. The highest BCUT2D eigenvalue weighted by atomic mass is 32.1. The lowest BCUT2D eigenvalue weighted by molar-refractivity contribution is 0.0346. The number of piperidine rings is 1. The first kappa shape index (κ1) is 17.1. The number of nitrogens with one attached hydrogen (secondary N) is 2. The molecule has 1 amide bonds. The highest BCUT2D eigenvalue weighted by molar-refractivity contribution is 7.07. The van der Waals surface area contributed by atoms with E-state index in [9.17, 15) is 9.90 Å². The second kappa shape index (κ2) is 7.14. The van der Waals surface area contributed by atoms with E-state index in [1.54, 1.807) is 23.5 Å². The maximum Gasteiger partial charge on any atom is 0.251 e. The van der Waals surface area contributed by atoms with E-state index >= 15 is 0 Å². The standard InChI is InChI=1S/C18H21N5O2S/c1-11-20-14-3-2-12(6-16(14)21-11)18(25)22-15-4-5-23(8-17(15)24)7-13-9-26-10-19-13/h2-3,6,9-10,15,17,24H,4-5,7-8H2,1H3,(H,20,21)(H,22,25)/t15-,17-/m1/s1. The minimum absolute atomic E-state index is 0.170. The molecule has 8 heteroatoms. The Morgan fingerprint density at radius 1 is 1.50 bits per heavy atom. The lowest BCUT2D eigenvalue weighted by Crippen LogP contribution is -2.53. The van der Waals surface area contributed by atoms with E-state index in [0.717, 1.165) is 35.6 Å². The number of benzene rings is 1. The number of aliphatic hydroxyl groups excluding tert-OH is 1. The van der Waals surface area contributed by atoms with E-state index in [-0.39, 0.29) is 11.9 Å². The lowest BCUT2D eigenvalue weighted by Gasteiger charge is -2.35. The first-order valence-electron chi connectivity index (χ1n) is 8.63. The second-order valence-electron chi connectivity index (χ2n) is 6.71. The molecule has 3 N–H and O–H groups in total. The summed E-state index contributed by atoms with van der Waals surface area (Å²) in [5, 5.41) is 15.4. The lowest BCUT2D eigenvalue weighted by atomic mass is 10.0. The van der Waals surface area contributed by atoms with Gasteiger partial charge in [0, 0.05) is 30.6 Å². The Morgan fingerprint density at radius 3 is 3.15 bits per heavy atom. The number of hydrogen-bond donors (Lipinski definition) is 3. The van der Waals surface area contributed by atoms with Crippen molar-refractivity contribution >= 4 is 28.3 Å². The van der Waals surface area contributed by atoms with Gasteiger partial charge in [0.05, 0.1) is 34.4 Å². The van der Waals surface area contributed by atoms with Crippen molar-refractivity contribution in [3.8, 4) is 0 Å². The molecule has 1 aromatic carbocycles. The number of thiazole rings is 1. The zero-order valence-corrected chi connectivity index (χ0v) is 15.3. The molecule has 1 aliphatic heterocycles. The van der Waals surface area contributed by atoms with E-state index in [4.69, 9.17) is 0 Å². The summed E-state index contributed by atoms with van der Waals surface area (Å²) in [7, 11) is 0. The zero-order valence-electron chi connectivity index (χ0n) is 14.5. The number of carbonyl (C=O) groups is 1. The fraction of sp³-hybridized carbons (Fsp3) is 0.389. The molecule has 0 unspecified atom stereocenters. The van der Waals surface area contributed by atoms with Gasteiger partial charge in [-0.3, -0.25) is 9.69 Å². The highest BCUT2D eigenvalue weighted by Crippen LogP contribution is 2.17. The van der Waals surface area contributed by atoms with E-state index in [1.807, 2.05) is 23.9 Å². The SMILES string of the molecule is Cc1nc2ccc(C(=O)N[C@@H]3CCN(Cc4cscn4)C[C@H]3O)cc2[nH]1. The molecule has 2 aromatic heterocycles. The van der Waals surface area contributed by atoms with Crippen LogP contribution in [0.25, 0.3) is 11.0 Å². The predicted octanol–water partition coefficient (Wildman–Crippen LogP) is 1.69. The molecular weight excluding hydrogens is 350 g/mol. The Kier molecular flexibility index (Phi) is 4.71. The van der Waals surface area contributed by atoms with Crippen molar-refractivity contribution in [2.75, 3.05) is 13.1 Å². The van der Waals surface area contributed by atoms with Crippen molar-refractivity contribution < 1.29 is 9.90 Å². The largest absolute Gasteiger partial charge is 0.390 e. The van der Waals surface area contributed by atoms with Crippen LogP contribution in [0, 0.1) is 6.92 Å². The van der Waals surface area contributed by atoms with Gasteiger partial charge in [-0.25, -0.2) is 9.97 Å². The summed E-state index contributed by atoms with van der Waals surface area (Å²) in [4.78, 5) is 26.5. The van der Waals surface area contributed by atoms with E-state index in [2.05, 4.69) is 25.2 Å². The van der Waals surface area contributed by atoms with Crippen LogP contribution in [0.3, 0.4) is 0 Å². The number of aliphatic hydroxyl groups is 1. The van der Waals surface area contributed by atoms with Crippen molar-refractivity contribution in [3.63, 3.8) is 0 Å². The van der Waals surface area contributed by atoms with Gasteiger partial charge in [0.2, 0.25) is 0 Å². The fourth-order valence-corrected chi connectivity index (χ4v) is 3.93. The van der Waals surface area contributed by atoms with Crippen LogP contribution in [0.4, 0.5) is 0 Å². The first-order valence-corrected chi connectivity index (χ1v) is 9.57. The molecule has 4 rings (SSSR count). The maximum atomic E-state index is 12.6. The van der Waals surface area contributed by atoms with Gasteiger partial charge in [-0.2, -0.15) is 0 Å². The molecule has 2 atom stereocenters. The van der Waals surface area contributed by atoms with Crippen molar-refractivity contribution in [2.45, 2.75) is 32.0 Å². The minimum atomic E-state index is -0.593. The number of carbonyl (C=O) groups excluding carboxylic acids is 1. The minimum Gasteiger partial charge on any atom is -0.390 e. The molecule has 3 aromatic rings. The number of rotatable bonds is 4. The van der Waals surface area contributed by atoms with Gasteiger partial charge in [0.1, 0.15) is 5.82 Å². The van der Waals surface area contributed by atoms with Crippen LogP contribution < -0.4 is 5.32 Å². The zero-order chi connectivity index (χ0) is 18.1. The Hall–Kier alpha value is -2.29. The molecule has 0 radical (unpaired) electrons. The molecule has 0 spiro atoms. The van der Waals surface area contributed by atoms with Crippen molar-refractivity contribution in [2.24, 2.45) is 0 Å². The average Bonchev–Trinajstić information content (AvgIpc) is 3.24. The van der Waals surface area contributed by atoms with E-state index in [0.29, 0.717) is 18.5 Å². The number of amides is 1. The molecule has 0 bridgehead atoms. The smallest absolute Gasteiger partial charge is 0.251 e. The molecule has 3 heterocycles. The number of nitrogens with zero attached hydrogens (tertiary/aromatic N) is 3. The van der Waals surface area contributed by atoms with Gasteiger partial charge in [-0.15, -0.1) is 11.3 Å². The summed E-state index contributed by atoms with van der Waals surface area (Å²) in [5.41, 5.74) is 5.09. The number of likely N-dealkylation sites (tertiary alicyclic amines) is 1. The number of aromatic nitrogens is 3. The molecule has 7 nitrogen and oxygen atoms in total. The van der Waals surface area contributed by atoms with Crippen LogP contribution in [-0.4, -0.2) is 56.1 Å². The normalized spacial score (nSPS) is 21.2. The molecule has 1 saturated heterocycles. The number of hydrogen-bond acceptors (Lipinski definition) is 6. The highest BCUT2D eigenvalue weighted by Gasteiger charge is 2.29. The summed E-state index contributed by atoms with van der Waals surface area (Å²) in [6, 6.07) is 5.16. The first-order chi connectivity index (χ1) is 12.6. The van der Waals surface area contributed by atoms with Gasteiger partial charge >= 0.3 is 0 Å². The van der Waals surface area contributed by atoms with Gasteiger partial charge in [-0.05, 0) is 31.5 Å². The fourth-order valence-electron chi connectivity index (χ4n) is 3.38. The average molecular weight is 371 g/mol. The van der Waals surface area contributed by atoms with Gasteiger partial charge in [0.15, 0.2) is 0 Å². The summed E-state index contributed by atoms with van der Waals surface area (Å²) in [6.45, 7) is 3.96. The topological polar surface area (TPSA) is 94.1 Å². The maximum absolute atomic E-state index is 12.6. The summed E-state index contributed by atoms with van der Waals surface area (Å²) in [5.74, 6) is 0.650. The van der Waals surface area contributed by atoms with Crippen LogP contribution in [0.15, 0.2) is 29.1 Å². The molecule has 0 aliphatic carbocycles. The van der Waals surface area contributed by atoms with Crippen LogP contribution in [0.2, 0.25) is 0 Å². The molecule has 26 heavy (non-hydrogen) atoms. The molecular formula is C18H21N5O2S. The number of imidazole rings is 1. The Bertz CT molecular complexity index is 908. The van der Waals surface area contributed by atoms with Gasteiger partial charge < -0.3 is 15.4 Å². The number of aromatic amines is 1. The number of fused-ring (bicyclic) bond motifs is 1. The molecule has 1 fully saturated rings. The quantitative estimate of drug-likeness (QED) is 0.649. The molecule has 0 saturated carbocycles. The summed E-state index contributed by atoms with van der Waals surface area (Å²) in [6.07, 6.45) is 0.118. The number of aryl methyl sites for hydroxylation is 1. The predicted molar refractivity (Wildman–Crippen MR) is 100 cm³/mol. The Labute approximate surface area is 155 Å². The van der Waals surface area contributed by atoms with Gasteiger partial charge in [0.25, 0.3) is 5.91 Å². The number of H-pyrrole nitrogens is 1. The van der Waals surface area contributed by atoms with Gasteiger partial charge in [-0.1, -0.05) is 0 Å². The van der Waals surface area contributed by atoms with Crippen molar-refractivity contribution in [3.05, 3.63) is 46.2 Å². The Morgan fingerprint density at radius 2 is 2.38 bits per heavy atom. The van der Waals surface area contributed by atoms with E-state index in [1.165, 1.54) is 0 Å². The van der Waals surface area contributed by atoms with Crippen LogP contribution >= 0.6 is 11.3 Å². The van der Waals surface area contributed by atoms with Crippen LogP contribution in [0.5, 0.6) is 0 Å². The second-order valence-corrected chi connectivity index (χ2v) is 7.42. The third kappa shape index (κ3) is 3.62. The summed E-state index contributed by atoms with van der Waals surface area (Å²) < 4.78 is 0. The van der Waals surface area contributed by atoms with Crippen LogP contribution in [0.1, 0.15) is 28.3 Å². The Balaban J connectivity index is 1.38. The van der Waals surface area contributed by atoms with E-state index < -0.39 is 6.10 Å². The summed E-state index contributed by atoms with van der Waals surface area (Å²) >= 11 is 1.57. The van der Waals surface area contributed by atoms with Crippen molar-refractivity contribution in [1.82, 2.24) is 25.2 Å². The molecule has 1 aliphatic rings. The number of β-amino-alcohol motifs (C(OH)–C–C–N with tert-alkyl or cyclic N) is 1. The molecule has 136 valence electrons.